The molecule has 0 amide bonds. The van der Waals surface area contributed by atoms with Gasteiger partial charge < -0.3 is 0 Å². The van der Waals surface area contributed by atoms with Gasteiger partial charge in [0, 0.05) is 44.6 Å². The number of hydrogen-bond acceptors (Lipinski definition) is 4. The third-order valence-corrected chi connectivity index (χ3v) is 2.55. The summed E-state index contributed by atoms with van der Waals surface area (Å²) >= 11 is 0. The first-order valence-corrected chi connectivity index (χ1v) is 5.72. The van der Waals surface area contributed by atoms with Crippen LogP contribution in [0.3, 0.4) is 0 Å². The molecule has 2 rings (SSSR count). The van der Waals surface area contributed by atoms with Crippen molar-refractivity contribution in [2.75, 3.05) is 7.05 Å². The molecule has 0 aliphatic heterocycles. The van der Waals surface area contributed by atoms with Crippen LogP contribution in [0, 0.1) is 0 Å². The molecule has 2 aromatic heterocycles. The van der Waals surface area contributed by atoms with E-state index in [2.05, 4.69) is 40.5 Å². The molecule has 0 aliphatic rings. The zero-order valence-electron chi connectivity index (χ0n) is 10.5. The maximum absolute atomic E-state index is 4.26. The smallest absolute Gasteiger partial charge is 0.0967 e. The highest BCUT2D eigenvalue weighted by atomic mass is 15.4. The maximum atomic E-state index is 4.26. The first-order chi connectivity index (χ1) is 8.17. The minimum absolute atomic E-state index is 0.797. The van der Waals surface area contributed by atoms with Crippen LogP contribution >= 0.6 is 0 Å². The Morgan fingerprint density at radius 3 is 2.71 bits per heavy atom. The molecule has 0 aromatic carbocycles. The molecule has 0 saturated carbocycles. The fraction of sp³-hybridized carbons (Fsp3) is 0.545. The lowest BCUT2D eigenvalue weighted by Gasteiger charge is -2.13. The molecule has 0 radical (unpaired) electrons. The van der Waals surface area contributed by atoms with Crippen molar-refractivity contribution in [3.63, 3.8) is 0 Å². The summed E-state index contributed by atoms with van der Waals surface area (Å²) in [5.74, 6) is 0. The van der Waals surface area contributed by atoms with E-state index >= 15 is 0 Å². The Morgan fingerprint density at radius 2 is 2.12 bits per heavy atom. The summed E-state index contributed by atoms with van der Waals surface area (Å²) in [6.45, 7) is 4.66. The van der Waals surface area contributed by atoms with Crippen LogP contribution in [0.5, 0.6) is 0 Å². The molecular weight excluding hydrogens is 216 g/mol. The largest absolute Gasteiger partial charge is 0.296 e. The standard InChI is InChI=1S/C11H18N6/c1-4-17-7-10(5-12-17)6-15(2)8-11-9-16(3)14-13-11/h5,7,9H,4,6,8H2,1-3H3. The Kier molecular flexibility index (Phi) is 3.53. The SMILES string of the molecule is CCn1cc(CN(C)Cc2cn(C)nn2)cn1. The third-order valence-electron chi connectivity index (χ3n) is 2.55. The summed E-state index contributed by atoms with van der Waals surface area (Å²) in [7, 11) is 3.94. The van der Waals surface area contributed by atoms with E-state index in [1.54, 1.807) is 4.68 Å². The van der Waals surface area contributed by atoms with Crippen molar-refractivity contribution >= 4 is 0 Å². The summed E-state index contributed by atoms with van der Waals surface area (Å²) in [5, 5.41) is 12.2. The molecule has 92 valence electrons. The fourth-order valence-electron chi connectivity index (χ4n) is 1.77. The summed E-state index contributed by atoms with van der Waals surface area (Å²) in [6, 6.07) is 0. The van der Waals surface area contributed by atoms with Gasteiger partial charge in [0.05, 0.1) is 11.9 Å². The van der Waals surface area contributed by atoms with Gasteiger partial charge in [-0.1, -0.05) is 5.21 Å². The Hall–Kier alpha value is -1.69. The quantitative estimate of drug-likeness (QED) is 0.762. The second-order valence-electron chi connectivity index (χ2n) is 4.26. The lowest BCUT2D eigenvalue weighted by Crippen LogP contribution is -2.17. The van der Waals surface area contributed by atoms with Gasteiger partial charge in [0.25, 0.3) is 0 Å². The maximum Gasteiger partial charge on any atom is 0.0967 e. The van der Waals surface area contributed by atoms with Gasteiger partial charge in [0.15, 0.2) is 0 Å². The van der Waals surface area contributed by atoms with E-state index in [1.807, 2.05) is 24.1 Å². The lowest BCUT2D eigenvalue weighted by atomic mass is 10.3. The Bertz CT molecular complexity index is 472. The zero-order chi connectivity index (χ0) is 12.3. The van der Waals surface area contributed by atoms with Crippen LogP contribution in [0.25, 0.3) is 0 Å². The van der Waals surface area contributed by atoms with Crippen LogP contribution in [0.1, 0.15) is 18.2 Å². The molecule has 0 spiro atoms. The Morgan fingerprint density at radius 1 is 1.29 bits per heavy atom. The molecule has 2 aromatic rings. The molecule has 17 heavy (non-hydrogen) atoms. The minimum Gasteiger partial charge on any atom is -0.296 e. The first-order valence-electron chi connectivity index (χ1n) is 5.72. The fourth-order valence-corrected chi connectivity index (χ4v) is 1.77. The van der Waals surface area contributed by atoms with E-state index < -0.39 is 0 Å². The van der Waals surface area contributed by atoms with Crippen LogP contribution in [0.15, 0.2) is 18.6 Å². The highest BCUT2D eigenvalue weighted by Gasteiger charge is 2.06. The van der Waals surface area contributed by atoms with Crippen molar-refractivity contribution in [1.82, 2.24) is 29.7 Å². The monoisotopic (exact) mass is 234 g/mol. The van der Waals surface area contributed by atoms with Crippen molar-refractivity contribution in [3.8, 4) is 0 Å². The molecule has 0 saturated heterocycles. The molecule has 6 nitrogen and oxygen atoms in total. The summed E-state index contributed by atoms with van der Waals surface area (Å²) < 4.78 is 3.66. The van der Waals surface area contributed by atoms with Crippen molar-refractivity contribution < 1.29 is 0 Å². The van der Waals surface area contributed by atoms with E-state index in [-0.39, 0.29) is 0 Å². The van der Waals surface area contributed by atoms with Crippen LogP contribution in [0.4, 0.5) is 0 Å². The number of aromatic nitrogens is 5. The number of hydrogen-bond donors (Lipinski definition) is 0. The second-order valence-corrected chi connectivity index (χ2v) is 4.26. The van der Waals surface area contributed by atoms with E-state index in [9.17, 15) is 0 Å². The van der Waals surface area contributed by atoms with Crippen molar-refractivity contribution in [2.24, 2.45) is 7.05 Å². The van der Waals surface area contributed by atoms with Crippen molar-refractivity contribution in [1.29, 1.82) is 0 Å². The summed E-state index contributed by atoms with van der Waals surface area (Å²) in [6.07, 6.45) is 5.93. The van der Waals surface area contributed by atoms with Gasteiger partial charge in [0.2, 0.25) is 0 Å². The molecule has 0 bridgehead atoms. The van der Waals surface area contributed by atoms with E-state index in [4.69, 9.17) is 0 Å². The second kappa shape index (κ2) is 5.09. The van der Waals surface area contributed by atoms with Crippen LogP contribution in [0.2, 0.25) is 0 Å². The van der Waals surface area contributed by atoms with Crippen molar-refractivity contribution in [2.45, 2.75) is 26.6 Å². The Labute approximate surface area is 101 Å². The molecule has 2 heterocycles. The molecule has 0 fully saturated rings. The number of aryl methyl sites for hydroxylation is 2. The molecular formula is C11H18N6. The predicted molar refractivity (Wildman–Crippen MR) is 64.1 cm³/mol. The number of rotatable bonds is 5. The molecule has 0 atom stereocenters. The predicted octanol–water partition coefficient (Wildman–Crippen LogP) is 0.663. The molecule has 0 unspecified atom stereocenters. The summed E-state index contributed by atoms with van der Waals surface area (Å²) in [4.78, 5) is 2.20. The minimum atomic E-state index is 0.797. The molecule has 0 N–H and O–H groups in total. The average molecular weight is 234 g/mol. The van der Waals surface area contributed by atoms with Crippen LogP contribution in [-0.2, 0) is 26.7 Å². The summed E-state index contributed by atoms with van der Waals surface area (Å²) in [5.41, 5.74) is 2.20. The van der Waals surface area contributed by atoms with E-state index in [0.717, 1.165) is 25.3 Å². The highest BCUT2D eigenvalue weighted by molar-refractivity contribution is 5.04. The van der Waals surface area contributed by atoms with Crippen molar-refractivity contribution in [3.05, 3.63) is 29.8 Å². The average Bonchev–Trinajstić information content (AvgIpc) is 2.88. The van der Waals surface area contributed by atoms with Gasteiger partial charge in [-0.2, -0.15) is 5.10 Å². The van der Waals surface area contributed by atoms with Gasteiger partial charge in [-0.05, 0) is 14.0 Å². The van der Waals surface area contributed by atoms with Crippen LogP contribution < -0.4 is 0 Å². The zero-order valence-corrected chi connectivity index (χ0v) is 10.5. The molecule has 6 heteroatoms. The highest BCUT2D eigenvalue weighted by Crippen LogP contribution is 2.05. The first kappa shape index (κ1) is 11.8. The van der Waals surface area contributed by atoms with Gasteiger partial charge >= 0.3 is 0 Å². The lowest BCUT2D eigenvalue weighted by molar-refractivity contribution is 0.315. The van der Waals surface area contributed by atoms with Gasteiger partial charge in [-0.3, -0.25) is 14.3 Å². The van der Waals surface area contributed by atoms with Crippen LogP contribution in [-0.4, -0.2) is 36.7 Å². The van der Waals surface area contributed by atoms with Gasteiger partial charge in [-0.15, -0.1) is 5.10 Å². The van der Waals surface area contributed by atoms with E-state index in [0.29, 0.717) is 0 Å². The third kappa shape index (κ3) is 3.13. The molecule has 0 aliphatic carbocycles. The van der Waals surface area contributed by atoms with Gasteiger partial charge in [-0.25, -0.2) is 0 Å². The van der Waals surface area contributed by atoms with Gasteiger partial charge in [0.1, 0.15) is 0 Å². The topological polar surface area (TPSA) is 51.8 Å². The number of nitrogens with zero attached hydrogens (tertiary/aromatic N) is 6. The van der Waals surface area contributed by atoms with E-state index in [1.165, 1.54) is 5.56 Å². The Balaban J connectivity index is 1.90. The normalized spacial score (nSPS) is 11.3.